The van der Waals surface area contributed by atoms with Crippen LogP contribution in [0, 0.1) is 5.92 Å². The summed E-state index contributed by atoms with van der Waals surface area (Å²) >= 11 is 0. The minimum Gasteiger partial charge on any atom is -0.0807 e. The van der Waals surface area contributed by atoms with E-state index < -0.39 is 0 Å². The van der Waals surface area contributed by atoms with Gasteiger partial charge in [-0.15, -0.1) is 0 Å². The zero-order valence-electron chi connectivity index (χ0n) is 6.79. The molecule has 0 radical (unpaired) electrons. The third-order valence-corrected chi connectivity index (χ3v) is 2.52. The van der Waals surface area contributed by atoms with Crippen LogP contribution in [0.3, 0.4) is 0 Å². The van der Waals surface area contributed by atoms with E-state index in [1.807, 2.05) is 0 Å². The van der Waals surface area contributed by atoms with Gasteiger partial charge < -0.3 is 0 Å². The van der Waals surface area contributed by atoms with Crippen LogP contribution in [0.2, 0.25) is 0 Å². The smallest absolute Gasteiger partial charge is 0.00179 e. The number of hydrogen-bond donors (Lipinski definition) is 0. The molecule has 2 rings (SSSR count). The first-order valence-corrected chi connectivity index (χ1v) is 4.52. The predicted molar refractivity (Wildman–Crippen MR) is 48.3 cm³/mol. The highest BCUT2D eigenvalue weighted by Crippen LogP contribution is 2.27. The van der Waals surface area contributed by atoms with Crippen LogP contribution in [-0.2, 0) is 0 Å². The van der Waals surface area contributed by atoms with E-state index in [1.54, 1.807) is 5.57 Å². The second-order valence-electron chi connectivity index (χ2n) is 3.34. The van der Waals surface area contributed by atoms with E-state index in [1.165, 1.54) is 25.7 Å². The summed E-state index contributed by atoms with van der Waals surface area (Å²) in [4.78, 5) is 0. The van der Waals surface area contributed by atoms with Crippen molar-refractivity contribution in [1.82, 2.24) is 0 Å². The molecule has 0 fully saturated rings. The van der Waals surface area contributed by atoms with Gasteiger partial charge in [-0.25, -0.2) is 0 Å². The number of fused-ring (bicyclic) bond motifs is 1. The second-order valence-corrected chi connectivity index (χ2v) is 3.34. The van der Waals surface area contributed by atoms with Crippen LogP contribution in [0.25, 0.3) is 0 Å². The molecule has 11 heavy (non-hydrogen) atoms. The maximum atomic E-state index is 2.40. The van der Waals surface area contributed by atoms with E-state index in [-0.39, 0.29) is 0 Å². The number of hydrogen-bond acceptors (Lipinski definition) is 0. The highest BCUT2D eigenvalue weighted by Gasteiger charge is 2.12. The van der Waals surface area contributed by atoms with Crippen molar-refractivity contribution in [2.24, 2.45) is 5.92 Å². The van der Waals surface area contributed by atoms with E-state index in [0.717, 1.165) is 5.92 Å². The molecular formula is C11H14. The minimum absolute atomic E-state index is 0.738. The summed E-state index contributed by atoms with van der Waals surface area (Å²) in [6.45, 7) is 0. The summed E-state index contributed by atoms with van der Waals surface area (Å²) in [7, 11) is 0. The molecule has 0 aromatic carbocycles. The molecule has 1 atom stereocenters. The van der Waals surface area contributed by atoms with Crippen LogP contribution in [-0.4, -0.2) is 0 Å². The van der Waals surface area contributed by atoms with Gasteiger partial charge in [-0.05, 0) is 24.8 Å². The van der Waals surface area contributed by atoms with E-state index in [2.05, 4.69) is 30.4 Å². The third-order valence-electron chi connectivity index (χ3n) is 2.52. The van der Waals surface area contributed by atoms with Gasteiger partial charge in [-0.3, -0.25) is 0 Å². The van der Waals surface area contributed by atoms with Gasteiger partial charge in [0.25, 0.3) is 0 Å². The lowest BCUT2D eigenvalue weighted by molar-refractivity contribution is 0.632. The molecule has 1 unspecified atom stereocenters. The molecule has 0 N–H and O–H groups in total. The van der Waals surface area contributed by atoms with Gasteiger partial charge in [0, 0.05) is 5.92 Å². The summed E-state index contributed by atoms with van der Waals surface area (Å²) in [6, 6.07) is 0. The van der Waals surface area contributed by atoms with Crippen molar-refractivity contribution in [2.45, 2.75) is 25.7 Å². The molecular weight excluding hydrogens is 132 g/mol. The normalized spacial score (nSPS) is 29.1. The molecule has 0 heterocycles. The fourth-order valence-corrected chi connectivity index (χ4v) is 1.86. The Kier molecular flexibility index (Phi) is 1.93. The van der Waals surface area contributed by atoms with Gasteiger partial charge in [-0.1, -0.05) is 36.8 Å². The molecule has 2 aliphatic carbocycles. The van der Waals surface area contributed by atoms with Crippen molar-refractivity contribution in [2.75, 3.05) is 0 Å². The van der Waals surface area contributed by atoms with Gasteiger partial charge in [0.2, 0.25) is 0 Å². The molecule has 0 bridgehead atoms. The molecule has 0 saturated heterocycles. The topological polar surface area (TPSA) is 0 Å². The Bertz CT molecular complexity index is 218. The second kappa shape index (κ2) is 3.08. The molecule has 0 aromatic heterocycles. The molecule has 2 aliphatic rings. The standard InChI is InChI=1S/C11H14/c1-2-6-10-8-4-5-9-11(10)7-3-1/h4-6,8-9,11H,1-3,7H2. The maximum absolute atomic E-state index is 2.40. The van der Waals surface area contributed by atoms with Gasteiger partial charge in [-0.2, -0.15) is 0 Å². The van der Waals surface area contributed by atoms with Gasteiger partial charge in [0.1, 0.15) is 0 Å². The number of allylic oxidation sites excluding steroid dienone is 6. The van der Waals surface area contributed by atoms with Crippen molar-refractivity contribution < 1.29 is 0 Å². The summed E-state index contributed by atoms with van der Waals surface area (Å²) in [5.41, 5.74) is 1.55. The fraction of sp³-hybridized carbons (Fsp3) is 0.455. The Balaban J connectivity index is 2.21. The Morgan fingerprint density at radius 2 is 2.18 bits per heavy atom. The molecule has 0 aromatic rings. The lowest BCUT2D eigenvalue weighted by Crippen LogP contribution is -1.99. The summed E-state index contributed by atoms with van der Waals surface area (Å²) in [5.74, 6) is 0.738. The van der Waals surface area contributed by atoms with Crippen LogP contribution < -0.4 is 0 Å². The van der Waals surface area contributed by atoms with Crippen molar-refractivity contribution in [1.29, 1.82) is 0 Å². The Morgan fingerprint density at radius 3 is 3.18 bits per heavy atom. The Labute approximate surface area is 68.3 Å². The monoisotopic (exact) mass is 146 g/mol. The van der Waals surface area contributed by atoms with E-state index in [4.69, 9.17) is 0 Å². The average Bonchev–Trinajstić information content (AvgIpc) is 2.28. The van der Waals surface area contributed by atoms with Crippen molar-refractivity contribution in [3.05, 3.63) is 36.0 Å². The zero-order valence-corrected chi connectivity index (χ0v) is 6.79. The van der Waals surface area contributed by atoms with Crippen molar-refractivity contribution >= 4 is 0 Å². The molecule has 0 amide bonds. The van der Waals surface area contributed by atoms with Crippen molar-refractivity contribution in [3.63, 3.8) is 0 Å². The Hall–Kier alpha value is -0.780. The molecule has 0 saturated carbocycles. The van der Waals surface area contributed by atoms with Gasteiger partial charge in [0.05, 0.1) is 0 Å². The lowest BCUT2D eigenvalue weighted by Gasteiger charge is -2.13. The van der Waals surface area contributed by atoms with Crippen LogP contribution in [0.5, 0.6) is 0 Å². The van der Waals surface area contributed by atoms with Crippen LogP contribution >= 0.6 is 0 Å². The highest BCUT2D eigenvalue weighted by molar-refractivity contribution is 5.33. The van der Waals surface area contributed by atoms with E-state index in [9.17, 15) is 0 Å². The summed E-state index contributed by atoms with van der Waals surface area (Å²) in [6.07, 6.45) is 16.7. The van der Waals surface area contributed by atoms with E-state index in [0.29, 0.717) is 0 Å². The first kappa shape index (κ1) is 6.90. The molecule has 0 heteroatoms. The average molecular weight is 146 g/mol. The van der Waals surface area contributed by atoms with Crippen LogP contribution in [0.4, 0.5) is 0 Å². The number of rotatable bonds is 0. The maximum Gasteiger partial charge on any atom is 0.00179 e. The van der Waals surface area contributed by atoms with Crippen LogP contribution in [0.1, 0.15) is 25.7 Å². The van der Waals surface area contributed by atoms with Gasteiger partial charge in [0.15, 0.2) is 0 Å². The summed E-state index contributed by atoms with van der Waals surface area (Å²) < 4.78 is 0. The van der Waals surface area contributed by atoms with Crippen LogP contribution in [0.15, 0.2) is 36.0 Å². The SMILES string of the molecule is C1=CC2=CCCCCC2C=C1. The fourth-order valence-electron chi connectivity index (χ4n) is 1.86. The highest BCUT2D eigenvalue weighted by atomic mass is 14.2. The Morgan fingerprint density at radius 1 is 1.18 bits per heavy atom. The third kappa shape index (κ3) is 1.45. The van der Waals surface area contributed by atoms with Gasteiger partial charge >= 0.3 is 0 Å². The quantitative estimate of drug-likeness (QED) is 0.492. The summed E-state index contributed by atoms with van der Waals surface area (Å²) in [5, 5.41) is 0. The lowest BCUT2D eigenvalue weighted by atomic mass is 9.92. The molecule has 58 valence electrons. The van der Waals surface area contributed by atoms with E-state index >= 15 is 0 Å². The molecule has 0 aliphatic heterocycles. The molecule has 0 nitrogen and oxygen atoms in total. The first-order chi connectivity index (χ1) is 5.47. The van der Waals surface area contributed by atoms with Crippen molar-refractivity contribution in [3.8, 4) is 0 Å². The minimum atomic E-state index is 0.738. The zero-order chi connectivity index (χ0) is 7.52. The largest absolute Gasteiger partial charge is 0.0807 e. The first-order valence-electron chi connectivity index (χ1n) is 4.52. The molecule has 0 spiro atoms. The predicted octanol–water partition coefficient (Wildman–Crippen LogP) is 3.23.